The van der Waals surface area contributed by atoms with Gasteiger partial charge in [-0.05, 0) is 37.1 Å². The normalized spacial score (nSPS) is 16.2. The number of carbonyl (C=O) groups is 2. The maximum absolute atomic E-state index is 11.9. The lowest BCUT2D eigenvalue weighted by Gasteiger charge is -2.29. The summed E-state index contributed by atoms with van der Waals surface area (Å²) in [5.41, 5.74) is 0. The van der Waals surface area contributed by atoms with Crippen molar-refractivity contribution in [1.82, 2.24) is 4.90 Å². The van der Waals surface area contributed by atoms with Crippen LogP contribution in [-0.4, -0.2) is 36.8 Å². The molecule has 0 saturated carbocycles. The minimum absolute atomic E-state index is 0.0212. The van der Waals surface area contributed by atoms with Crippen molar-refractivity contribution in [3.8, 4) is 5.75 Å². The zero-order chi connectivity index (χ0) is 13.7. The molecule has 1 saturated heterocycles. The Kier molecular flexibility index (Phi) is 4.80. The van der Waals surface area contributed by atoms with Gasteiger partial charge in [0.2, 0.25) is 0 Å². The molecule has 1 aromatic carbocycles. The third-order valence-corrected chi connectivity index (χ3v) is 3.51. The number of halogens is 1. The van der Waals surface area contributed by atoms with Crippen LogP contribution in [0, 0.1) is 5.92 Å². The molecule has 0 N–H and O–H groups in total. The zero-order valence-corrected chi connectivity index (χ0v) is 11.3. The fourth-order valence-corrected chi connectivity index (χ4v) is 2.18. The summed E-state index contributed by atoms with van der Waals surface area (Å²) in [6.45, 7) is 1.28. The molecule has 5 heteroatoms. The van der Waals surface area contributed by atoms with Crippen LogP contribution < -0.4 is 4.74 Å². The van der Waals surface area contributed by atoms with Gasteiger partial charge in [-0.3, -0.25) is 4.79 Å². The molecule has 19 heavy (non-hydrogen) atoms. The highest BCUT2D eigenvalue weighted by molar-refractivity contribution is 6.30. The topological polar surface area (TPSA) is 46.6 Å². The van der Waals surface area contributed by atoms with Gasteiger partial charge < -0.3 is 14.4 Å². The number of hydrogen-bond acceptors (Lipinski definition) is 3. The Morgan fingerprint density at radius 2 is 1.95 bits per heavy atom. The van der Waals surface area contributed by atoms with Crippen LogP contribution in [0.5, 0.6) is 5.75 Å². The number of rotatable bonds is 4. The van der Waals surface area contributed by atoms with Gasteiger partial charge in [-0.2, -0.15) is 0 Å². The summed E-state index contributed by atoms with van der Waals surface area (Å²) in [6.07, 6.45) is 2.47. The van der Waals surface area contributed by atoms with Crippen molar-refractivity contribution in [3.05, 3.63) is 29.3 Å². The van der Waals surface area contributed by atoms with Crippen molar-refractivity contribution < 1.29 is 14.3 Å². The van der Waals surface area contributed by atoms with Gasteiger partial charge >= 0.3 is 0 Å². The number of likely N-dealkylation sites (tertiary alicyclic amines) is 1. The fourth-order valence-electron chi connectivity index (χ4n) is 2.05. The van der Waals surface area contributed by atoms with Crippen LogP contribution in [0.15, 0.2) is 24.3 Å². The maximum atomic E-state index is 11.9. The van der Waals surface area contributed by atoms with E-state index in [2.05, 4.69) is 0 Å². The van der Waals surface area contributed by atoms with E-state index in [0.29, 0.717) is 23.9 Å². The lowest BCUT2D eigenvalue weighted by atomic mass is 9.99. The van der Waals surface area contributed by atoms with Crippen LogP contribution in [-0.2, 0) is 9.59 Å². The molecule has 2 rings (SSSR count). The highest BCUT2D eigenvalue weighted by Crippen LogP contribution is 2.17. The van der Waals surface area contributed by atoms with Gasteiger partial charge in [-0.1, -0.05) is 11.6 Å². The molecule has 1 aliphatic rings. The number of nitrogens with zero attached hydrogens (tertiary/aromatic N) is 1. The predicted molar refractivity (Wildman–Crippen MR) is 72.3 cm³/mol. The Morgan fingerprint density at radius 1 is 1.32 bits per heavy atom. The van der Waals surface area contributed by atoms with Crippen LogP contribution >= 0.6 is 11.6 Å². The maximum Gasteiger partial charge on any atom is 0.260 e. The standard InChI is InChI=1S/C14H16ClNO3/c15-12-1-3-13(4-2-12)19-10-14(18)16-7-5-11(9-17)6-8-16/h1-4,9,11H,5-8,10H2. The molecule has 0 aromatic heterocycles. The van der Waals surface area contributed by atoms with Crippen LogP contribution in [0.1, 0.15) is 12.8 Å². The van der Waals surface area contributed by atoms with E-state index in [1.807, 2.05) is 0 Å². The van der Waals surface area contributed by atoms with E-state index in [-0.39, 0.29) is 18.4 Å². The van der Waals surface area contributed by atoms with Gasteiger partial charge in [-0.25, -0.2) is 0 Å². The Labute approximate surface area is 117 Å². The van der Waals surface area contributed by atoms with Crippen molar-refractivity contribution >= 4 is 23.8 Å². The molecule has 1 aliphatic heterocycles. The molecule has 0 aliphatic carbocycles. The average molecular weight is 282 g/mol. The first-order valence-electron chi connectivity index (χ1n) is 6.30. The van der Waals surface area contributed by atoms with E-state index in [1.54, 1.807) is 29.2 Å². The average Bonchev–Trinajstić information content (AvgIpc) is 2.46. The van der Waals surface area contributed by atoms with E-state index < -0.39 is 0 Å². The van der Waals surface area contributed by atoms with Crippen LogP contribution in [0.25, 0.3) is 0 Å². The third kappa shape index (κ3) is 3.96. The number of ether oxygens (including phenoxy) is 1. The molecule has 1 heterocycles. The van der Waals surface area contributed by atoms with E-state index in [4.69, 9.17) is 16.3 Å². The largest absolute Gasteiger partial charge is 0.484 e. The number of piperidine rings is 1. The van der Waals surface area contributed by atoms with E-state index in [0.717, 1.165) is 19.1 Å². The van der Waals surface area contributed by atoms with Crippen molar-refractivity contribution in [1.29, 1.82) is 0 Å². The van der Waals surface area contributed by atoms with Crippen LogP contribution in [0.2, 0.25) is 5.02 Å². The predicted octanol–water partition coefficient (Wildman–Crippen LogP) is 2.16. The molecule has 0 unspecified atom stereocenters. The summed E-state index contributed by atoms with van der Waals surface area (Å²) in [5, 5.41) is 0.634. The minimum Gasteiger partial charge on any atom is -0.484 e. The van der Waals surface area contributed by atoms with Crippen molar-refractivity contribution in [2.45, 2.75) is 12.8 Å². The molecular weight excluding hydrogens is 266 g/mol. The Morgan fingerprint density at radius 3 is 2.53 bits per heavy atom. The molecule has 1 fully saturated rings. The monoisotopic (exact) mass is 281 g/mol. The molecule has 0 spiro atoms. The molecule has 1 amide bonds. The third-order valence-electron chi connectivity index (χ3n) is 3.26. The smallest absolute Gasteiger partial charge is 0.260 e. The van der Waals surface area contributed by atoms with Gasteiger partial charge in [0.15, 0.2) is 6.61 Å². The SMILES string of the molecule is O=CC1CCN(C(=O)COc2ccc(Cl)cc2)CC1. The quantitative estimate of drug-likeness (QED) is 0.795. The number of aldehydes is 1. The molecule has 0 bridgehead atoms. The fraction of sp³-hybridized carbons (Fsp3) is 0.429. The first kappa shape index (κ1) is 13.9. The summed E-state index contributed by atoms with van der Waals surface area (Å²) in [5.74, 6) is 0.682. The lowest BCUT2D eigenvalue weighted by molar-refractivity contribution is -0.135. The Balaban J connectivity index is 1.78. The molecule has 1 aromatic rings. The summed E-state index contributed by atoms with van der Waals surface area (Å²) >= 11 is 5.76. The second-order valence-electron chi connectivity index (χ2n) is 4.60. The number of benzene rings is 1. The highest BCUT2D eigenvalue weighted by Gasteiger charge is 2.22. The second kappa shape index (κ2) is 6.57. The number of carbonyl (C=O) groups excluding carboxylic acids is 2. The van der Waals surface area contributed by atoms with E-state index in [9.17, 15) is 9.59 Å². The second-order valence-corrected chi connectivity index (χ2v) is 5.03. The van der Waals surface area contributed by atoms with E-state index >= 15 is 0 Å². The first-order valence-corrected chi connectivity index (χ1v) is 6.68. The van der Waals surface area contributed by atoms with Crippen molar-refractivity contribution in [2.75, 3.05) is 19.7 Å². The first-order chi connectivity index (χ1) is 9.19. The van der Waals surface area contributed by atoms with Gasteiger partial charge in [0, 0.05) is 24.0 Å². The Hall–Kier alpha value is -1.55. The van der Waals surface area contributed by atoms with Gasteiger partial charge in [-0.15, -0.1) is 0 Å². The van der Waals surface area contributed by atoms with Crippen LogP contribution in [0.3, 0.4) is 0 Å². The van der Waals surface area contributed by atoms with Gasteiger partial charge in [0.05, 0.1) is 0 Å². The summed E-state index contributed by atoms with van der Waals surface area (Å²) in [4.78, 5) is 24.3. The van der Waals surface area contributed by atoms with Gasteiger partial charge in [0.1, 0.15) is 12.0 Å². The zero-order valence-electron chi connectivity index (χ0n) is 10.5. The van der Waals surface area contributed by atoms with E-state index in [1.165, 1.54) is 0 Å². The molecule has 102 valence electrons. The summed E-state index contributed by atoms with van der Waals surface area (Å²) < 4.78 is 5.41. The molecule has 0 atom stereocenters. The highest BCUT2D eigenvalue weighted by atomic mass is 35.5. The number of hydrogen-bond donors (Lipinski definition) is 0. The van der Waals surface area contributed by atoms with Crippen molar-refractivity contribution in [3.63, 3.8) is 0 Å². The summed E-state index contributed by atoms with van der Waals surface area (Å²) in [6, 6.07) is 6.90. The van der Waals surface area contributed by atoms with Crippen LogP contribution in [0.4, 0.5) is 0 Å². The van der Waals surface area contributed by atoms with Crippen molar-refractivity contribution in [2.24, 2.45) is 5.92 Å². The number of amides is 1. The summed E-state index contributed by atoms with van der Waals surface area (Å²) in [7, 11) is 0. The Bertz CT molecular complexity index is 439. The minimum atomic E-state index is -0.0423. The molecular formula is C14H16ClNO3. The molecule has 4 nitrogen and oxygen atoms in total. The van der Waals surface area contributed by atoms with Gasteiger partial charge in [0.25, 0.3) is 5.91 Å². The molecule has 0 radical (unpaired) electrons. The lowest BCUT2D eigenvalue weighted by Crippen LogP contribution is -2.41.